The Bertz CT molecular complexity index is 1750. The molecule has 6 amide bonds. The second kappa shape index (κ2) is 21.6. The largest absolute Gasteiger partial charge is 0.445 e. The Morgan fingerprint density at radius 3 is 2.18 bits per heavy atom. The lowest BCUT2D eigenvalue weighted by Gasteiger charge is -2.46. The Hall–Kier alpha value is -4.73. The van der Waals surface area contributed by atoms with E-state index in [1.165, 1.54) is 15.9 Å². The summed E-state index contributed by atoms with van der Waals surface area (Å²) in [7, 11) is 0. The number of hydrogen-bond donors (Lipinski definition) is 5. The summed E-state index contributed by atoms with van der Waals surface area (Å²) < 4.78 is 25.6. The number of nitrogens with one attached hydrogen (secondary N) is 5. The molecule has 0 aliphatic carbocycles. The maximum absolute atomic E-state index is 14.5. The van der Waals surface area contributed by atoms with Crippen molar-refractivity contribution in [3.05, 3.63) is 47.5 Å². The van der Waals surface area contributed by atoms with Crippen molar-refractivity contribution >= 4 is 35.8 Å². The van der Waals surface area contributed by atoms with E-state index in [0.717, 1.165) is 5.56 Å². The summed E-state index contributed by atoms with van der Waals surface area (Å²) in [5, 5.41) is 15.3. The molecule has 1 unspecified atom stereocenters. The fraction of sp³-hybridized carbons (Fsp3) is 0.696. The summed E-state index contributed by atoms with van der Waals surface area (Å²) in [6.45, 7) is 18.5. The van der Waals surface area contributed by atoms with Gasteiger partial charge in [0.25, 0.3) is 0 Å². The Labute approximate surface area is 367 Å². The van der Waals surface area contributed by atoms with Crippen LogP contribution in [-0.4, -0.2) is 118 Å². The van der Waals surface area contributed by atoms with E-state index in [2.05, 4.69) is 54.3 Å². The number of halogens is 1. The molecule has 15 nitrogen and oxygen atoms in total. The number of amides is 6. The minimum atomic E-state index is -1.32. The number of alkyl carbamates (subject to hydrolysis) is 1. The van der Waals surface area contributed by atoms with Gasteiger partial charge in [0.2, 0.25) is 23.6 Å². The van der Waals surface area contributed by atoms with Gasteiger partial charge in [-0.15, -0.1) is 0 Å². The van der Waals surface area contributed by atoms with Gasteiger partial charge in [-0.2, -0.15) is 0 Å². The number of alkyl halides is 1. The van der Waals surface area contributed by atoms with Gasteiger partial charge in [-0.1, -0.05) is 50.3 Å². The van der Waals surface area contributed by atoms with Crippen LogP contribution < -0.4 is 26.6 Å². The number of benzene rings is 1. The summed E-state index contributed by atoms with van der Waals surface area (Å²) in [4.78, 5) is 85.4. The molecule has 4 rings (SSSR count). The summed E-state index contributed by atoms with van der Waals surface area (Å²) in [6, 6.07) is 4.19. The van der Waals surface area contributed by atoms with E-state index in [1.54, 1.807) is 27.7 Å². The molecular weight excluding hydrogens is 798 g/mol. The van der Waals surface area contributed by atoms with Crippen LogP contribution in [0.4, 0.5) is 14.0 Å². The monoisotopic (exact) mass is 870 g/mol. The second-order valence-corrected chi connectivity index (χ2v) is 19.9. The predicted molar refractivity (Wildman–Crippen MR) is 234 cm³/mol. The Morgan fingerprint density at radius 2 is 1.56 bits per heavy atom. The van der Waals surface area contributed by atoms with E-state index in [-0.39, 0.29) is 67.1 Å². The smallest absolute Gasteiger partial charge is 0.410 e. The van der Waals surface area contributed by atoms with E-state index >= 15 is 0 Å². The van der Waals surface area contributed by atoms with E-state index in [1.807, 2.05) is 44.2 Å². The van der Waals surface area contributed by atoms with Crippen LogP contribution in [0.15, 0.2) is 42.0 Å². The van der Waals surface area contributed by atoms with Crippen molar-refractivity contribution in [2.24, 2.45) is 5.92 Å². The third kappa shape index (κ3) is 15.0. The normalized spacial score (nSPS) is 23.9. The molecule has 1 aromatic carbocycles. The third-order valence-electron chi connectivity index (χ3n) is 11.5. The summed E-state index contributed by atoms with van der Waals surface area (Å²) in [6.07, 6.45) is 3.05. The van der Waals surface area contributed by atoms with Gasteiger partial charge >= 0.3 is 12.2 Å². The van der Waals surface area contributed by atoms with Gasteiger partial charge in [-0.3, -0.25) is 19.2 Å². The van der Waals surface area contributed by atoms with Crippen molar-refractivity contribution < 1.29 is 42.6 Å². The van der Waals surface area contributed by atoms with Gasteiger partial charge in [0.05, 0.1) is 12.1 Å². The first-order valence-corrected chi connectivity index (χ1v) is 22.2. The van der Waals surface area contributed by atoms with E-state index < -0.39 is 72.4 Å². The van der Waals surface area contributed by atoms with Gasteiger partial charge in [-0.25, -0.2) is 14.0 Å². The van der Waals surface area contributed by atoms with Crippen LogP contribution in [0.3, 0.4) is 0 Å². The average Bonchev–Trinajstić information content (AvgIpc) is 3.67. The first-order valence-electron chi connectivity index (χ1n) is 22.2. The Morgan fingerprint density at radius 1 is 0.935 bits per heavy atom. The van der Waals surface area contributed by atoms with Crippen molar-refractivity contribution in [1.82, 2.24) is 36.4 Å². The molecule has 62 heavy (non-hydrogen) atoms. The number of hydrogen-bond acceptors (Lipinski definition) is 9. The van der Waals surface area contributed by atoms with Gasteiger partial charge in [0.1, 0.15) is 37.0 Å². The van der Waals surface area contributed by atoms with Crippen LogP contribution in [-0.2, 0) is 35.3 Å². The van der Waals surface area contributed by atoms with Crippen LogP contribution in [0, 0.1) is 5.92 Å². The van der Waals surface area contributed by atoms with Crippen molar-refractivity contribution in [1.29, 1.82) is 0 Å². The van der Waals surface area contributed by atoms with Crippen molar-refractivity contribution in [3.63, 3.8) is 0 Å². The lowest BCUT2D eigenvalue weighted by molar-refractivity contribution is -0.139. The van der Waals surface area contributed by atoms with Crippen LogP contribution in [0.25, 0.3) is 0 Å². The topological polar surface area (TPSA) is 188 Å². The molecule has 0 aromatic heterocycles. The Balaban J connectivity index is 1.54. The molecular formula is C46H72FN7O8. The zero-order valence-corrected chi connectivity index (χ0v) is 38.5. The van der Waals surface area contributed by atoms with Gasteiger partial charge < -0.3 is 45.9 Å². The molecule has 3 heterocycles. The SMILES string of the molecule is CC(C)C[C@H](NC(=O)OC(C)(C)C)/C(=C/CC(=O)N1CCC[C@H]1C(=O)N[C@@H]1C(=O)N[C@H](C(=O)NC2CC(C)(C)NC(C)(C)C2)CCCN(C(=O)OCc2ccccc2)C1C)CF. The fourth-order valence-corrected chi connectivity index (χ4v) is 9.01. The number of rotatable bonds is 13. The highest BCUT2D eigenvalue weighted by atomic mass is 19.1. The molecule has 346 valence electrons. The number of carbonyl (C=O) groups is 6. The molecule has 0 spiro atoms. The number of likely N-dealkylation sites (tertiary alicyclic amines) is 1. The van der Waals surface area contributed by atoms with Gasteiger partial charge in [0.15, 0.2) is 0 Å². The molecule has 3 saturated heterocycles. The molecule has 0 radical (unpaired) electrons. The lowest BCUT2D eigenvalue weighted by atomic mass is 9.79. The van der Waals surface area contributed by atoms with Crippen LogP contribution in [0.1, 0.15) is 126 Å². The van der Waals surface area contributed by atoms with E-state index in [9.17, 15) is 33.2 Å². The average molecular weight is 870 g/mol. The molecule has 16 heteroatoms. The highest BCUT2D eigenvalue weighted by Crippen LogP contribution is 2.29. The molecule has 5 N–H and O–H groups in total. The van der Waals surface area contributed by atoms with Crippen LogP contribution in [0.5, 0.6) is 0 Å². The van der Waals surface area contributed by atoms with Crippen LogP contribution >= 0.6 is 0 Å². The summed E-state index contributed by atoms with van der Waals surface area (Å²) >= 11 is 0. The summed E-state index contributed by atoms with van der Waals surface area (Å²) in [5.41, 5.74) is -0.231. The van der Waals surface area contributed by atoms with Crippen LogP contribution in [0.2, 0.25) is 0 Å². The molecule has 0 bridgehead atoms. The quantitative estimate of drug-likeness (QED) is 0.162. The highest BCUT2D eigenvalue weighted by molar-refractivity contribution is 5.95. The van der Waals surface area contributed by atoms with Crippen molar-refractivity contribution in [2.75, 3.05) is 19.8 Å². The molecule has 3 aliphatic heterocycles. The number of piperidine rings is 1. The molecule has 5 atom stereocenters. The van der Waals surface area contributed by atoms with E-state index in [0.29, 0.717) is 38.5 Å². The number of ether oxygens (including phenoxy) is 2. The lowest BCUT2D eigenvalue weighted by Crippen LogP contribution is -2.64. The molecule has 3 aliphatic rings. The number of nitrogens with zero attached hydrogens (tertiary/aromatic N) is 2. The highest BCUT2D eigenvalue weighted by Gasteiger charge is 2.43. The van der Waals surface area contributed by atoms with Crippen molar-refractivity contribution in [3.8, 4) is 0 Å². The Kier molecular flexibility index (Phi) is 17.4. The fourth-order valence-electron chi connectivity index (χ4n) is 9.01. The molecule has 3 fully saturated rings. The third-order valence-corrected chi connectivity index (χ3v) is 11.5. The minimum Gasteiger partial charge on any atom is -0.445 e. The van der Waals surface area contributed by atoms with E-state index in [4.69, 9.17) is 9.47 Å². The van der Waals surface area contributed by atoms with Gasteiger partial charge in [-0.05, 0) is 117 Å². The van der Waals surface area contributed by atoms with Gasteiger partial charge in [0, 0.05) is 36.6 Å². The maximum Gasteiger partial charge on any atom is 0.410 e. The maximum atomic E-state index is 14.5. The second-order valence-electron chi connectivity index (χ2n) is 19.9. The summed E-state index contributed by atoms with van der Waals surface area (Å²) in [5.74, 6) is -1.93. The standard InChI is InChI=1S/C46H72FN7O8/c1-29(2)24-35(50-42(59)62-44(4,5)6)32(27-47)20-21-37(55)54-23-15-19-36(54)40(57)51-38-30(3)53(43(60)61-28-31-16-12-11-13-17-31)22-14-18-34(49-41(38)58)39(56)48-33-25-45(7,8)52-46(9,10)26-33/h11-13,16-17,20,29-30,33-36,38,52H,14-15,18-19,21-28H2,1-10H3,(H,48,56)(H,49,58)(H,50,59)(H,51,57)/b32-20+/t30?,34-,35-,36-,38-/m0/s1. The minimum absolute atomic E-state index is 0.00686. The molecule has 0 saturated carbocycles. The zero-order chi connectivity index (χ0) is 46.0. The predicted octanol–water partition coefficient (Wildman–Crippen LogP) is 5.42. The zero-order valence-electron chi connectivity index (χ0n) is 38.5. The number of carbonyl (C=O) groups excluding carboxylic acids is 6. The first-order chi connectivity index (χ1) is 29.0. The van der Waals surface area contributed by atoms with Crippen molar-refractivity contribution in [2.45, 2.75) is 180 Å². The molecule has 1 aromatic rings. The first kappa shape index (κ1) is 49.9.